The minimum Gasteiger partial charge on any atom is -0.460 e. The van der Waals surface area contributed by atoms with Crippen molar-refractivity contribution in [2.24, 2.45) is 0 Å². The summed E-state index contributed by atoms with van der Waals surface area (Å²) in [4.78, 5) is 10.9. The monoisotopic (exact) mass is 189 g/mol. The predicted octanol–water partition coefficient (Wildman–Crippen LogP) is 1.85. The van der Waals surface area contributed by atoms with Crippen molar-refractivity contribution in [1.29, 1.82) is 5.26 Å². The Balaban J connectivity index is 3.70. The summed E-state index contributed by atoms with van der Waals surface area (Å²) in [5.41, 5.74) is 0. The molecule has 0 aromatic carbocycles. The van der Waals surface area contributed by atoms with E-state index in [4.69, 9.17) is 21.6 Å². The number of halogens is 1. The van der Waals surface area contributed by atoms with Crippen molar-refractivity contribution in [3.8, 4) is 6.07 Å². The van der Waals surface area contributed by atoms with E-state index in [0.717, 1.165) is 6.42 Å². The molecule has 0 aliphatic carbocycles. The fraction of sp³-hybridized carbons (Fsp3) is 0.750. The second-order valence-electron chi connectivity index (χ2n) is 2.38. The molecule has 0 N–H and O–H groups in total. The molecule has 0 aliphatic rings. The summed E-state index contributed by atoms with van der Waals surface area (Å²) in [7, 11) is 0. The van der Waals surface area contributed by atoms with Crippen molar-refractivity contribution in [2.75, 3.05) is 5.88 Å². The first-order valence-electron chi connectivity index (χ1n) is 3.87. The maximum atomic E-state index is 10.9. The third-order valence-electron chi connectivity index (χ3n) is 1.24. The number of alkyl halides is 1. The van der Waals surface area contributed by atoms with Gasteiger partial charge >= 0.3 is 5.97 Å². The molecule has 0 heterocycles. The van der Waals surface area contributed by atoms with Crippen LogP contribution in [0.3, 0.4) is 0 Å². The summed E-state index contributed by atoms with van der Waals surface area (Å²) in [6, 6.07) is 1.90. The lowest BCUT2D eigenvalue weighted by Gasteiger charge is -2.10. The van der Waals surface area contributed by atoms with Crippen LogP contribution in [0, 0.1) is 11.3 Å². The lowest BCUT2D eigenvalue weighted by atomic mass is 10.3. The molecule has 4 heteroatoms. The lowest BCUT2D eigenvalue weighted by molar-refractivity contribution is -0.147. The van der Waals surface area contributed by atoms with Crippen LogP contribution in [0.15, 0.2) is 0 Å². The number of rotatable bonds is 5. The molecule has 1 unspecified atom stereocenters. The Morgan fingerprint density at radius 3 is 2.83 bits per heavy atom. The second-order valence-corrected chi connectivity index (χ2v) is 2.69. The Morgan fingerprint density at radius 1 is 1.75 bits per heavy atom. The minimum atomic E-state index is -0.448. The van der Waals surface area contributed by atoms with Gasteiger partial charge in [-0.25, -0.2) is 0 Å². The van der Waals surface area contributed by atoms with Gasteiger partial charge in [0, 0.05) is 6.42 Å². The molecule has 0 saturated heterocycles. The Labute approximate surface area is 77.3 Å². The number of nitrogens with zero attached hydrogens (tertiary/aromatic N) is 1. The van der Waals surface area contributed by atoms with Crippen molar-refractivity contribution in [3.63, 3.8) is 0 Å². The van der Waals surface area contributed by atoms with Crippen molar-refractivity contribution >= 4 is 17.6 Å². The molecule has 0 aliphatic heterocycles. The van der Waals surface area contributed by atoms with Crippen molar-refractivity contribution in [3.05, 3.63) is 0 Å². The van der Waals surface area contributed by atoms with Crippen molar-refractivity contribution in [1.82, 2.24) is 0 Å². The molecule has 0 amide bonds. The van der Waals surface area contributed by atoms with Crippen LogP contribution < -0.4 is 0 Å². The first-order chi connectivity index (χ1) is 5.74. The molecule has 0 bridgehead atoms. The van der Waals surface area contributed by atoms with E-state index >= 15 is 0 Å². The zero-order chi connectivity index (χ0) is 9.40. The second kappa shape index (κ2) is 6.93. The zero-order valence-electron chi connectivity index (χ0n) is 7.05. The third kappa shape index (κ3) is 4.97. The maximum Gasteiger partial charge on any atom is 0.306 e. The quantitative estimate of drug-likeness (QED) is 0.490. The van der Waals surface area contributed by atoms with Crippen LogP contribution in [0.4, 0.5) is 0 Å². The van der Waals surface area contributed by atoms with Crippen LogP contribution in [0.5, 0.6) is 0 Å². The van der Waals surface area contributed by atoms with Gasteiger partial charge < -0.3 is 4.74 Å². The number of carbonyl (C=O) groups is 1. The topological polar surface area (TPSA) is 50.1 Å². The smallest absolute Gasteiger partial charge is 0.306 e. The minimum absolute atomic E-state index is 0.166. The molecule has 3 nitrogen and oxygen atoms in total. The van der Waals surface area contributed by atoms with E-state index in [1.807, 2.05) is 13.0 Å². The average molecular weight is 190 g/mol. The van der Waals surface area contributed by atoms with Gasteiger partial charge in [-0.15, -0.1) is 11.6 Å². The van der Waals surface area contributed by atoms with E-state index in [0.29, 0.717) is 6.42 Å². The van der Waals surface area contributed by atoms with E-state index in [2.05, 4.69) is 0 Å². The molecule has 0 aromatic rings. The van der Waals surface area contributed by atoms with Gasteiger partial charge in [0.1, 0.15) is 6.10 Å². The summed E-state index contributed by atoms with van der Waals surface area (Å²) < 4.78 is 4.89. The van der Waals surface area contributed by atoms with Gasteiger partial charge in [0.15, 0.2) is 0 Å². The zero-order valence-corrected chi connectivity index (χ0v) is 7.80. The van der Waals surface area contributed by atoms with Crippen LogP contribution in [0.1, 0.15) is 26.2 Å². The highest BCUT2D eigenvalue weighted by Crippen LogP contribution is 2.03. The Kier molecular flexibility index (Phi) is 6.50. The highest BCUT2D eigenvalue weighted by atomic mass is 35.5. The highest BCUT2D eigenvalue weighted by Gasteiger charge is 2.11. The van der Waals surface area contributed by atoms with Gasteiger partial charge in [-0.1, -0.05) is 6.92 Å². The summed E-state index contributed by atoms with van der Waals surface area (Å²) in [5, 5.41) is 8.31. The molecule has 0 saturated carbocycles. The van der Waals surface area contributed by atoms with E-state index in [1.165, 1.54) is 0 Å². The molecule has 0 rings (SSSR count). The fourth-order valence-electron chi connectivity index (χ4n) is 0.678. The Hall–Kier alpha value is -0.750. The largest absolute Gasteiger partial charge is 0.460 e. The molecule has 0 fully saturated rings. The summed E-state index contributed by atoms with van der Waals surface area (Å²) in [6.45, 7) is 1.89. The molecule has 0 aromatic heterocycles. The van der Waals surface area contributed by atoms with Crippen molar-refractivity contribution in [2.45, 2.75) is 32.3 Å². The van der Waals surface area contributed by atoms with E-state index < -0.39 is 6.10 Å². The normalized spacial score (nSPS) is 11.8. The van der Waals surface area contributed by atoms with Crippen LogP contribution in [-0.2, 0) is 9.53 Å². The van der Waals surface area contributed by atoms with Gasteiger partial charge in [0.05, 0.1) is 18.4 Å². The highest BCUT2D eigenvalue weighted by molar-refractivity contribution is 6.18. The van der Waals surface area contributed by atoms with Crippen LogP contribution in [0.25, 0.3) is 0 Å². The lowest BCUT2D eigenvalue weighted by Crippen LogP contribution is -2.18. The number of carbonyl (C=O) groups excluding carboxylic acids is 1. The molecular weight excluding hydrogens is 178 g/mol. The Morgan fingerprint density at radius 2 is 2.42 bits per heavy atom. The summed E-state index contributed by atoms with van der Waals surface area (Å²) >= 11 is 5.46. The third-order valence-corrected chi connectivity index (χ3v) is 1.59. The van der Waals surface area contributed by atoms with Gasteiger partial charge in [0.2, 0.25) is 0 Å². The van der Waals surface area contributed by atoms with Gasteiger partial charge in [-0.2, -0.15) is 5.26 Å². The van der Waals surface area contributed by atoms with E-state index in [-0.39, 0.29) is 18.3 Å². The van der Waals surface area contributed by atoms with E-state index in [1.54, 1.807) is 0 Å². The number of ether oxygens (including phenoxy) is 1. The Bertz CT molecular complexity index is 176. The number of nitriles is 1. The first kappa shape index (κ1) is 11.2. The standard InChI is InChI=1S/C8H12ClNO2/c1-2-3-8(11)12-7(6-9)4-5-10/h7H,2-4,6H2,1H3. The molecular formula is C8H12ClNO2. The maximum absolute atomic E-state index is 10.9. The molecule has 1 atom stereocenters. The van der Waals surface area contributed by atoms with Gasteiger partial charge in [-0.3, -0.25) is 4.79 Å². The van der Waals surface area contributed by atoms with Gasteiger partial charge in [-0.05, 0) is 6.42 Å². The first-order valence-corrected chi connectivity index (χ1v) is 4.40. The number of hydrogen-bond donors (Lipinski definition) is 0. The molecule has 0 radical (unpaired) electrons. The molecule has 68 valence electrons. The average Bonchev–Trinajstić information content (AvgIpc) is 2.04. The predicted molar refractivity (Wildman–Crippen MR) is 45.7 cm³/mol. The van der Waals surface area contributed by atoms with Crippen LogP contribution in [-0.4, -0.2) is 18.0 Å². The number of esters is 1. The van der Waals surface area contributed by atoms with Gasteiger partial charge in [0.25, 0.3) is 0 Å². The molecule has 0 spiro atoms. The van der Waals surface area contributed by atoms with Crippen LogP contribution in [0.2, 0.25) is 0 Å². The van der Waals surface area contributed by atoms with Crippen LogP contribution >= 0.6 is 11.6 Å². The molecule has 12 heavy (non-hydrogen) atoms. The fourth-order valence-corrected chi connectivity index (χ4v) is 0.851. The SMILES string of the molecule is CCCC(=O)OC(CCl)CC#N. The number of hydrogen-bond acceptors (Lipinski definition) is 3. The summed E-state index contributed by atoms with van der Waals surface area (Å²) in [6.07, 6.45) is 0.855. The van der Waals surface area contributed by atoms with E-state index in [9.17, 15) is 4.79 Å². The summed E-state index contributed by atoms with van der Waals surface area (Å²) in [5.74, 6) is -0.0957. The van der Waals surface area contributed by atoms with Crippen molar-refractivity contribution < 1.29 is 9.53 Å².